The predicted molar refractivity (Wildman–Crippen MR) is 71.1 cm³/mol. The van der Waals surface area contributed by atoms with E-state index in [9.17, 15) is 0 Å². The van der Waals surface area contributed by atoms with E-state index < -0.39 is 0 Å². The van der Waals surface area contributed by atoms with Gasteiger partial charge in [-0.2, -0.15) is 0 Å². The summed E-state index contributed by atoms with van der Waals surface area (Å²) < 4.78 is 0. The third kappa shape index (κ3) is 3.08. The summed E-state index contributed by atoms with van der Waals surface area (Å²) in [6.07, 6.45) is 5.34. The van der Waals surface area contributed by atoms with Crippen molar-refractivity contribution in [3.8, 4) is 0 Å². The number of rotatable bonds is 3. The molecule has 0 aromatic heterocycles. The Kier molecular flexibility index (Phi) is 3.44. The second-order valence-electron chi connectivity index (χ2n) is 5.42. The Morgan fingerprint density at radius 3 is 2.76 bits per heavy atom. The summed E-state index contributed by atoms with van der Waals surface area (Å²) in [4.78, 5) is 2.70. The first-order valence-electron chi connectivity index (χ1n) is 6.93. The third-order valence-corrected chi connectivity index (χ3v) is 3.90. The van der Waals surface area contributed by atoms with Crippen LogP contribution in [0, 0.1) is 0 Å². The lowest BCUT2D eigenvalue weighted by Crippen LogP contribution is -2.40. The molecule has 1 unspecified atom stereocenters. The van der Waals surface area contributed by atoms with E-state index >= 15 is 0 Å². The lowest BCUT2D eigenvalue weighted by molar-refractivity contribution is 0.257. The van der Waals surface area contributed by atoms with Crippen LogP contribution in [0.25, 0.3) is 0 Å². The molecule has 1 atom stereocenters. The first kappa shape index (κ1) is 11.2. The average molecular weight is 230 g/mol. The lowest BCUT2D eigenvalue weighted by atomic mass is 10.1. The smallest absolute Gasteiger partial charge is 0.0235 e. The van der Waals surface area contributed by atoms with E-state index in [4.69, 9.17) is 0 Å². The average Bonchev–Trinajstić information content (AvgIpc) is 3.16. The van der Waals surface area contributed by atoms with E-state index in [0.29, 0.717) is 6.04 Å². The van der Waals surface area contributed by atoms with Gasteiger partial charge in [-0.15, -0.1) is 0 Å². The van der Waals surface area contributed by atoms with Crippen molar-refractivity contribution in [2.75, 3.05) is 19.6 Å². The minimum Gasteiger partial charge on any atom is -0.312 e. The Balaban J connectivity index is 1.61. The van der Waals surface area contributed by atoms with Crippen LogP contribution in [-0.4, -0.2) is 36.6 Å². The maximum Gasteiger partial charge on any atom is 0.0235 e. The lowest BCUT2D eigenvalue weighted by Gasteiger charge is -2.24. The molecule has 1 aliphatic heterocycles. The molecular formula is C15H22N2. The Morgan fingerprint density at radius 1 is 1.18 bits per heavy atom. The number of hydrogen-bond acceptors (Lipinski definition) is 2. The molecule has 92 valence electrons. The van der Waals surface area contributed by atoms with Crippen molar-refractivity contribution in [1.82, 2.24) is 10.2 Å². The summed E-state index contributed by atoms with van der Waals surface area (Å²) >= 11 is 0. The molecule has 0 spiro atoms. The summed E-state index contributed by atoms with van der Waals surface area (Å²) in [6, 6.07) is 12.4. The predicted octanol–water partition coefficient (Wildman–Crippen LogP) is 2.06. The Bertz CT molecular complexity index is 345. The fourth-order valence-corrected chi connectivity index (χ4v) is 2.83. The van der Waals surface area contributed by atoms with Crippen LogP contribution in [0.2, 0.25) is 0 Å². The second kappa shape index (κ2) is 5.19. The highest BCUT2D eigenvalue weighted by Crippen LogP contribution is 2.27. The van der Waals surface area contributed by atoms with Crippen molar-refractivity contribution in [3.05, 3.63) is 35.9 Å². The van der Waals surface area contributed by atoms with Gasteiger partial charge in [0.15, 0.2) is 0 Å². The molecule has 0 bridgehead atoms. The minimum absolute atomic E-state index is 0.639. The van der Waals surface area contributed by atoms with Gasteiger partial charge in [-0.1, -0.05) is 30.3 Å². The van der Waals surface area contributed by atoms with Gasteiger partial charge < -0.3 is 5.32 Å². The van der Waals surface area contributed by atoms with Crippen LogP contribution < -0.4 is 5.32 Å². The van der Waals surface area contributed by atoms with Gasteiger partial charge in [-0.25, -0.2) is 0 Å². The second-order valence-corrected chi connectivity index (χ2v) is 5.42. The molecule has 1 aromatic rings. The van der Waals surface area contributed by atoms with Gasteiger partial charge in [0.25, 0.3) is 0 Å². The van der Waals surface area contributed by atoms with Gasteiger partial charge in [0.2, 0.25) is 0 Å². The molecule has 2 fully saturated rings. The normalized spacial score (nSPS) is 26.7. The van der Waals surface area contributed by atoms with Crippen molar-refractivity contribution >= 4 is 0 Å². The van der Waals surface area contributed by atoms with E-state index in [2.05, 4.69) is 40.5 Å². The number of benzene rings is 1. The summed E-state index contributed by atoms with van der Waals surface area (Å²) in [5.74, 6) is 0. The van der Waals surface area contributed by atoms with Crippen molar-refractivity contribution in [2.24, 2.45) is 0 Å². The van der Waals surface area contributed by atoms with Gasteiger partial charge in [0, 0.05) is 18.6 Å². The third-order valence-electron chi connectivity index (χ3n) is 3.90. The fourth-order valence-electron chi connectivity index (χ4n) is 2.83. The van der Waals surface area contributed by atoms with E-state index in [1.54, 1.807) is 0 Å². The van der Waals surface area contributed by atoms with Crippen LogP contribution in [-0.2, 0) is 6.42 Å². The molecule has 1 N–H and O–H groups in total. The first-order valence-corrected chi connectivity index (χ1v) is 6.93. The maximum absolute atomic E-state index is 3.70. The van der Waals surface area contributed by atoms with Crippen LogP contribution in [0.5, 0.6) is 0 Å². The van der Waals surface area contributed by atoms with E-state index in [-0.39, 0.29) is 0 Å². The molecule has 2 heteroatoms. The zero-order valence-electron chi connectivity index (χ0n) is 10.4. The molecule has 1 aliphatic carbocycles. The monoisotopic (exact) mass is 230 g/mol. The standard InChI is InChI=1S/C15H22N2/c1-2-5-13(6-3-1)11-14-12-17(15-7-8-15)10-4-9-16-14/h1-3,5-6,14-16H,4,7-12H2. The zero-order valence-corrected chi connectivity index (χ0v) is 10.4. The summed E-state index contributed by atoms with van der Waals surface area (Å²) in [5.41, 5.74) is 1.46. The zero-order chi connectivity index (χ0) is 11.5. The highest BCUT2D eigenvalue weighted by atomic mass is 15.2. The molecule has 2 aliphatic rings. The van der Waals surface area contributed by atoms with Crippen LogP contribution in [0.4, 0.5) is 0 Å². The molecule has 3 rings (SSSR count). The van der Waals surface area contributed by atoms with Crippen molar-refractivity contribution in [1.29, 1.82) is 0 Å². The Hall–Kier alpha value is -0.860. The minimum atomic E-state index is 0.639. The summed E-state index contributed by atoms with van der Waals surface area (Å²) in [6.45, 7) is 3.71. The molecule has 1 heterocycles. The van der Waals surface area contributed by atoms with Crippen LogP contribution in [0.15, 0.2) is 30.3 Å². The molecule has 2 nitrogen and oxygen atoms in total. The van der Waals surface area contributed by atoms with Gasteiger partial charge in [0.05, 0.1) is 0 Å². The molecular weight excluding hydrogens is 208 g/mol. The summed E-state index contributed by atoms with van der Waals surface area (Å²) in [5, 5.41) is 3.70. The Labute approximate surface area is 104 Å². The quantitative estimate of drug-likeness (QED) is 0.855. The van der Waals surface area contributed by atoms with Crippen molar-refractivity contribution in [2.45, 2.75) is 37.8 Å². The number of nitrogens with one attached hydrogen (secondary N) is 1. The molecule has 1 saturated heterocycles. The largest absolute Gasteiger partial charge is 0.312 e. The molecule has 1 aromatic carbocycles. The van der Waals surface area contributed by atoms with Gasteiger partial charge >= 0.3 is 0 Å². The van der Waals surface area contributed by atoms with Gasteiger partial charge in [-0.05, 0) is 44.3 Å². The van der Waals surface area contributed by atoms with Crippen LogP contribution in [0.3, 0.4) is 0 Å². The topological polar surface area (TPSA) is 15.3 Å². The van der Waals surface area contributed by atoms with Crippen LogP contribution >= 0.6 is 0 Å². The van der Waals surface area contributed by atoms with Crippen molar-refractivity contribution in [3.63, 3.8) is 0 Å². The SMILES string of the molecule is c1ccc(CC2CN(C3CC3)CCCN2)cc1. The molecule has 0 amide bonds. The van der Waals surface area contributed by atoms with Gasteiger partial charge in [-0.3, -0.25) is 4.90 Å². The number of hydrogen-bond donors (Lipinski definition) is 1. The maximum atomic E-state index is 3.70. The molecule has 0 radical (unpaired) electrons. The first-order chi connectivity index (χ1) is 8.42. The number of nitrogens with zero attached hydrogens (tertiary/aromatic N) is 1. The van der Waals surface area contributed by atoms with E-state index in [1.807, 2.05) is 0 Å². The van der Waals surface area contributed by atoms with Crippen molar-refractivity contribution < 1.29 is 0 Å². The Morgan fingerprint density at radius 2 is 2.00 bits per heavy atom. The highest BCUT2D eigenvalue weighted by molar-refractivity contribution is 5.16. The molecule has 1 saturated carbocycles. The highest BCUT2D eigenvalue weighted by Gasteiger charge is 2.31. The van der Waals surface area contributed by atoms with E-state index in [1.165, 1.54) is 50.9 Å². The van der Waals surface area contributed by atoms with Gasteiger partial charge in [0.1, 0.15) is 0 Å². The van der Waals surface area contributed by atoms with Crippen LogP contribution in [0.1, 0.15) is 24.8 Å². The molecule has 17 heavy (non-hydrogen) atoms. The van der Waals surface area contributed by atoms with E-state index in [0.717, 1.165) is 6.04 Å². The fraction of sp³-hybridized carbons (Fsp3) is 0.600. The summed E-state index contributed by atoms with van der Waals surface area (Å²) in [7, 11) is 0.